The molecule has 0 atom stereocenters. The van der Waals surface area contributed by atoms with E-state index in [0.29, 0.717) is 11.4 Å². The van der Waals surface area contributed by atoms with E-state index in [4.69, 9.17) is 4.74 Å². The van der Waals surface area contributed by atoms with Crippen LogP contribution in [0, 0.1) is 0 Å². The van der Waals surface area contributed by atoms with Crippen molar-refractivity contribution in [3.63, 3.8) is 0 Å². The molecule has 1 aromatic carbocycles. The molecule has 0 unspecified atom stereocenters. The molecule has 2 heterocycles. The summed E-state index contributed by atoms with van der Waals surface area (Å²) in [5.74, 6) is 0. The summed E-state index contributed by atoms with van der Waals surface area (Å²) in [6.07, 6.45) is 8.86. The second kappa shape index (κ2) is 5.93. The molecule has 0 amide bonds. The molecule has 0 radical (unpaired) electrons. The van der Waals surface area contributed by atoms with Gasteiger partial charge in [0.05, 0.1) is 7.11 Å². The molecule has 4 nitrogen and oxygen atoms in total. The number of hydrogen-bond donors (Lipinski definition) is 0. The molecule has 2 aromatic rings. The molecular weight excluding hydrogens is 286 g/mol. The van der Waals surface area contributed by atoms with Gasteiger partial charge in [0.1, 0.15) is 0 Å². The molecule has 4 heteroatoms. The maximum atomic E-state index is 5.02. The van der Waals surface area contributed by atoms with E-state index < -0.39 is 0 Å². The summed E-state index contributed by atoms with van der Waals surface area (Å²) in [7, 11) is 1.60. The van der Waals surface area contributed by atoms with Crippen molar-refractivity contribution in [2.45, 2.75) is 37.6 Å². The Hall–Kier alpha value is -1.94. The van der Waals surface area contributed by atoms with Crippen LogP contribution < -0.4 is 4.74 Å². The Morgan fingerprint density at radius 1 is 1.09 bits per heavy atom. The monoisotopic (exact) mass is 309 g/mol. The number of likely N-dealkylation sites (tertiary alicyclic amines) is 1. The van der Waals surface area contributed by atoms with Gasteiger partial charge in [-0.05, 0) is 55.3 Å². The summed E-state index contributed by atoms with van der Waals surface area (Å²) in [6, 6.07) is 9.48. The molecule has 1 saturated heterocycles. The van der Waals surface area contributed by atoms with Crippen molar-refractivity contribution in [1.82, 2.24) is 14.9 Å². The van der Waals surface area contributed by atoms with Crippen molar-refractivity contribution in [2.75, 3.05) is 20.2 Å². The fourth-order valence-electron chi connectivity index (χ4n) is 4.21. The third-order valence-corrected chi connectivity index (χ3v) is 5.55. The molecule has 0 saturated carbocycles. The summed E-state index contributed by atoms with van der Waals surface area (Å²) in [5, 5.41) is 0. The minimum Gasteiger partial charge on any atom is -0.467 e. The smallest absolute Gasteiger partial charge is 0.316 e. The van der Waals surface area contributed by atoms with Gasteiger partial charge in [0.2, 0.25) is 0 Å². The van der Waals surface area contributed by atoms with Gasteiger partial charge in [-0.1, -0.05) is 24.3 Å². The maximum Gasteiger partial charge on any atom is 0.316 e. The van der Waals surface area contributed by atoms with Gasteiger partial charge in [-0.2, -0.15) is 0 Å². The molecule has 0 bridgehead atoms. The minimum atomic E-state index is 0.434. The van der Waals surface area contributed by atoms with Gasteiger partial charge in [-0.15, -0.1) is 0 Å². The van der Waals surface area contributed by atoms with E-state index >= 15 is 0 Å². The van der Waals surface area contributed by atoms with E-state index in [9.17, 15) is 0 Å². The van der Waals surface area contributed by atoms with Gasteiger partial charge in [0, 0.05) is 24.5 Å². The fraction of sp³-hybridized carbons (Fsp3) is 0.474. The highest BCUT2D eigenvalue weighted by atomic mass is 16.5. The van der Waals surface area contributed by atoms with Crippen LogP contribution >= 0.6 is 0 Å². The molecule has 0 N–H and O–H groups in total. The highest BCUT2D eigenvalue weighted by molar-refractivity contribution is 5.39. The van der Waals surface area contributed by atoms with Gasteiger partial charge in [0.15, 0.2) is 0 Å². The van der Waals surface area contributed by atoms with Gasteiger partial charge < -0.3 is 4.74 Å². The quantitative estimate of drug-likeness (QED) is 0.874. The molecule has 1 spiro atoms. The van der Waals surface area contributed by atoms with E-state index in [1.807, 2.05) is 12.4 Å². The molecule has 1 aliphatic carbocycles. The fourth-order valence-corrected chi connectivity index (χ4v) is 4.21. The van der Waals surface area contributed by atoms with Crippen LogP contribution in [-0.2, 0) is 18.4 Å². The van der Waals surface area contributed by atoms with Crippen LogP contribution in [0.5, 0.6) is 6.01 Å². The summed E-state index contributed by atoms with van der Waals surface area (Å²) >= 11 is 0. The number of ether oxygens (including phenoxy) is 1. The Morgan fingerprint density at radius 3 is 2.57 bits per heavy atom. The number of hydrogen-bond acceptors (Lipinski definition) is 4. The molecule has 23 heavy (non-hydrogen) atoms. The number of aromatic nitrogens is 2. The Kier molecular flexibility index (Phi) is 3.77. The van der Waals surface area contributed by atoms with Crippen LogP contribution in [0.2, 0.25) is 0 Å². The average molecular weight is 309 g/mol. The lowest BCUT2D eigenvalue weighted by molar-refractivity contribution is 0.152. The van der Waals surface area contributed by atoms with Crippen LogP contribution in [-0.4, -0.2) is 35.1 Å². The first kappa shape index (κ1) is 14.6. The normalized spacial score (nSPS) is 19.7. The molecular formula is C19H23N3O. The van der Waals surface area contributed by atoms with Crippen LogP contribution in [0.15, 0.2) is 36.7 Å². The van der Waals surface area contributed by atoms with Crippen molar-refractivity contribution < 1.29 is 4.74 Å². The zero-order chi connectivity index (χ0) is 15.7. The predicted molar refractivity (Wildman–Crippen MR) is 89.5 cm³/mol. The standard InChI is InChI=1S/C19H23N3O/c1-23-18-20-12-15(13-21-18)14-22-10-8-19(9-11-22)7-6-16-4-2-3-5-17(16)19/h2-5,12-13H,6-11,14H2,1H3. The number of fused-ring (bicyclic) bond motifs is 2. The first-order valence-electron chi connectivity index (χ1n) is 8.45. The number of rotatable bonds is 3. The summed E-state index contributed by atoms with van der Waals surface area (Å²) in [4.78, 5) is 10.9. The lowest BCUT2D eigenvalue weighted by Gasteiger charge is -2.40. The molecule has 4 rings (SSSR count). The van der Waals surface area contributed by atoms with E-state index in [1.165, 1.54) is 25.7 Å². The highest BCUT2D eigenvalue weighted by Gasteiger charge is 2.40. The van der Waals surface area contributed by atoms with Gasteiger partial charge >= 0.3 is 6.01 Å². The van der Waals surface area contributed by atoms with Crippen LogP contribution in [0.25, 0.3) is 0 Å². The van der Waals surface area contributed by atoms with Gasteiger partial charge in [-0.3, -0.25) is 4.90 Å². The average Bonchev–Trinajstić information content (AvgIpc) is 2.97. The zero-order valence-corrected chi connectivity index (χ0v) is 13.7. The van der Waals surface area contributed by atoms with E-state index in [0.717, 1.165) is 25.2 Å². The summed E-state index contributed by atoms with van der Waals surface area (Å²) in [6.45, 7) is 3.24. The lowest BCUT2D eigenvalue weighted by Crippen LogP contribution is -2.41. The SMILES string of the molecule is COc1ncc(CN2CCC3(CCc4ccccc43)CC2)cn1. The first-order chi connectivity index (χ1) is 11.3. The Labute approximate surface area is 137 Å². The largest absolute Gasteiger partial charge is 0.467 e. The van der Waals surface area contributed by atoms with Gasteiger partial charge in [-0.25, -0.2) is 9.97 Å². The Balaban J connectivity index is 1.41. The van der Waals surface area contributed by atoms with Crippen LogP contribution in [0.4, 0.5) is 0 Å². The van der Waals surface area contributed by atoms with Crippen molar-refractivity contribution in [1.29, 1.82) is 0 Å². The second-order valence-electron chi connectivity index (χ2n) is 6.79. The lowest BCUT2D eigenvalue weighted by atomic mass is 9.74. The Morgan fingerprint density at radius 2 is 1.83 bits per heavy atom. The van der Waals surface area contributed by atoms with Crippen LogP contribution in [0.1, 0.15) is 36.0 Å². The second-order valence-corrected chi connectivity index (χ2v) is 6.79. The molecule has 120 valence electrons. The Bertz CT molecular complexity index is 675. The first-order valence-corrected chi connectivity index (χ1v) is 8.45. The van der Waals surface area contributed by atoms with Crippen molar-refractivity contribution >= 4 is 0 Å². The number of benzene rings is 1. The van der Waals surface area contributed by atoms with E-state index in [1.54, 1.807) is 18.2 Å². The third kappa shape index (κ3) is 2.72. The minimum absolute atomic E-state index is 0.434. The van der Waals surface area contributed by atoms with E-state index in [2.05, 4.69) is 39.1 Å². The third-order valence-electron chi connectivity index (χ3n) is 5.55. The zero-order valence-electron chi connectivity index (χ0n) is 13.7. The van der Waals surface area contributed by atoms with Crippen molar-refractivity contribution in [2.24, 2.45) is 0 Å². The molecule has 1 fully saturated rings. The van der Waals surface area contributed by atoms with Crippen LogP contribution in [0.3, 0.4) is 0 Å². The topological polar surface area (TPSA) is 38.2 Å². The van der Waals surface area contributed by atoms with Crippen molar-refractivity contribution in [3.8, 4) is 6.01 Å². The maximum absolute atomic E-state index is 5.02. The van der Waals surface area contributed by atoms with E-state index in [-0.39, 0.29) is 0 Å². The summed E-state index contributed by atoms with van der Waals surface area (Å²) in [5.41, 5.74) is 4.79. The molecule has 1 aromatic heterocycles. The van der Waals surface area contributed by atoms with Gasteiger partial charge in [0.25, 0.3) is 0 Å². The number of aryl methyl sites for hydroxylation is 1. The van der Waals surface area contributed by atoms with Crippen molar-refractivity contribution in [3.05, 3.63) is 53.3 Å². The highest BCUT2D eigenvalue weighted by Crippen LogP contribution is 2.46. The predicted octanol–water partition coefficient (Wildman–Crippen LogP) is 2.97. The molecule has 1 aliphatic heterocycles. The number of methoxy groups -OCH3 is 1. The molecule has 2 aliphatic rings. The summed E-state index contributed by atoms with van der Waals surface area (Å²) < 4.78 is 5.02. The number of piperidine rings is 1. The number of nitrogens with zero attached hydrogens (tertiary/aromatic N) is 3.